The lowest BCUT2D eigenvalue weighted by atomic mass is 10.1. The molecule has 2 fully saturated rings. The quantitative estimate of drug-likeness (QED) is 0.704. The maximum atomic E-state index is 12.3. The highest BCUT2D eigenvalue weighted by molar-refractivity contribution is 5.94. The molecule has 0 spiro atoms. The fourth-order valence-corrected chi connectivity index (χ4v) is 2.72. The predicted octanol–water partition coefficient (Wildman–Crippen LogP) is 1.22. The number of carbonyl (C=O) groups is 1. The van der Waals surface area contributed by atoms with Gasteiger partial charge in [0.2, 0.25) is 0 Å². The summed E-state index contributed by atoms with van der Waals surface area (Å²) in [5.41, 5.74) is 0.822. The van der Waals surface area contributed by atoms with E-state index in [4.69, 9.17) is 0 Å². The lowest BCUT2D eigenvalue weighted by molar-refractivity contribution is 0.0609. The zero-order chi connectivity index (χ0) is 11.0. The molecule has 1 aromatic carbocycles. The Hall–Kier alpha value is -1.35. The van der Waals surface area contributed by atoms with E-state index in [1.165, 1.54) is 0 Å². The predicted molar refractivity (Wildman–Crippen MR) is 62.3 cm³/mol. The second-order valence-electron chi connectivity index (χ2n) is 4.61. The summed E-state index contributed by atoms with van der Waals surface area (Å²) in [5, 5.41) is 0. The molecular weight excluding hydrogens is 200 g/mol. The van der Waals surface area contributed by atoms with Gasteiger partial charge in [-0.15, -0.1) is 0 Å². The largest absolute Gasteiger partial charge is 0.333 e. The number of fused-ring (bicyclic) bond motifs is 2. The van der Waals surface area contributed by atoms with Crippen molar-refractivity contribution in [1.29, 1.82) is 0 Å². The van der Waals surface area contributed by atoms with Crippen molar-refractivity contribution < 1.29 is 4.79 Å². The second kappa shape index (κ2) is 3.91. The molecule has 2 saturated heterocycles. The first-order valence-electron chi connectivity index (χ1n) is 5.93. The highest BCUT2D eigenvalue weighted by Crippen LogP contribution is 2.22. The van der Waals surface area contributed by atoms with Gasteiger partial charge in [-0.2, -0.15) is 0 Å². The van der Waals surface area contributed by atoms with E-state index in [0.717, 1.165) is 38.2 Å². The van der Waals surface area contributed by atoms with Crippen molar-refractivity contribution in [2.24, 2.45) is 0 Å². The van der Waals surface area contributed by atoms with Crippen molar-refractivity contribution in [2.75, 3.05) is 26.2 Å². The summed E-state index contributed by atoms with van der Waals surface area (Å²) in [7, 11) is 0. The van der Waals surface area contributed by atoms with Gasteiger partial charge in [0.1, 0.15) is 0 Å². The molecule has 2 aliphatic rings. The van der Waals surface area contributed by atoms with Gasteiger partial charge in [-0.25, -0.2) is 0 Å². The van der Waals surface area contributed by atoms with Crippen LogP contribution >= 0.6 is 0 Å². The Labute approximate surface area is 95.7 Å². The standard InChI is InChI=1S/C13H16N2O/c16-13(11-4-2-1-3-5-11)15-9-8-14-7-6-12(15)10-14/h1-5,12H,6-10H2. The SMILES string of the molecule is O=C(c1ccccc1)N1CCN2CCC1C2. The van der Waals surface area contributed by atoms with Crippen molar-refractivity contribution in [3.63, 3.8) is 0 Å². The molecule has 0 radical (unpaired) electrons. The van der Waals surface area contributed by atoms with E-state index >= 15 is 0 Å². The first-order chi connectivity index (χ1) is 7.84. The molecule has 0 aromatic heterocycles. The van der Waals surface area contributed by atoms with Crippen molar-refractivity contribution in [1.82, 2.24) is 9.80 Å². The maximum absolute atomic E-state index is 12.3. The van der Waals surface area contributed by atoms with Crippen LogP contribution in [0.4, 0.5) is 0 Å². The van der Waals surface area contributed by atoms with E-state index in [0.29, 0.717) is 6.04 Å². The number of piperazine rings is 1. The van der Waals surface area contributed by atoms with Gasteiger partial charge in [0.25, 0.3) is 5.91 Å². The van der Waals surface area contributed by atoms with E-state index in [1.54, 1.807) is 0 Å². The van der Waals surface area contributed by atoms with Gasteiger partial charge < -0.3 is 4.90 Å². The van der Waals surface area contributed by atoms with Crippen LogP contribution in [0.15, 0.2) is 30.3 Å². The van der Waals surface area contributed by atoms with Gasteiger partial charge in [-0.1, -0.05) is 18.2 Å². The minimum atomic E-state index is 0.201. The minimum absolute atomic E-state index is 0.201. The fraction of sp³-hybridized carbons (Fsp3) is 0.462. The summed E-state index contributed by atoms with van der Waals surface area (Å²) in [5.74, 6) is 0.201. The van der Waals surface area contributed by atoms with Crippen LogP contribution in [0.3, 0.4) is 0 Å². The molecule has 2 bridgehead atoms. The molecule has 1 amide bonds. The number of amides is 1. The Morgan fingerprint density at radius 1 is 1.12 bits per heavy atom. The normalized spacial score (nSPS) is 28.1. The van der Waals surface area contributed by atoms with Gasteiger partial charge >= 0.3 is 0 Å². The fourth-order valence-electron chi connectivity index (χ4n) is 2.72. The highest BCUT2D eigenvalue weighted by Gasteiger charge is 2.35. The molecule has 0 N–H and O–H groups in total. The first kappa shape index (κ1) is 9.85. The van der Waals surface area contributed by atoms with E-state index in [1.807, 2.05) is 30.3 Å². The Morgan fingerprint density at radius 2 is 1.94 bits per heavy atom. The van der Waals surface area contributed by atoms with Gasteiger partial charge in [-0.05, 0) is 18.6 Å². The van der Waals surface area contributed by atoms with E-state index in [2.05, 4.69) is 9.80 Å². The lowest BCUT2D eigenvalue weighted by Crippen LogP contribution is -2.49. The molecule has 84 valence electrons. The minimum Gasteiger partial charge on any atom is -0.333 e. The molecule has 3 heteroatoms. The molecule has 16 heavy (non-hydrogen) atoms. The third-order valence-corrected chi connectivity index (χ3v) is 3.63. The molecule has 2 unspecified atom stereocenters. The zero-order valence-electron chi connectivity index (χ0n) is 9.30. The molecule has 2 aliphatic heterocycles. The third-order valence-electron chi connectivity index (χ3n) is 3.63. The van der Waals surface area contributed by atoms with Crippen LogP contribution in [-0.2, 0) is 0 Å². The summed E-state index contributed by atoms with van der Waals surface area (Å²) in [4.78, 5) is 16.8. The van der Waals surface area contributed by atoms with Crippen LogP contribution in [0.2, 0.25) is 0 Å². The van der Waals surface area contributed by atoms with Crippen LogP contribution in [0.25, 0.3) is 0 Å². The van der Waals surface area contributed by atoms with Gasteiger partial charge in [0.05, 0.1) is 0 Å². The number of carbonyl (C=O) groups excluding carboxylic acids is 1. The number of nitrogens with zero attached hydrogens (tertiary/aromatic N) is 2. The van der Waals surface area contributed by atoms with Crippen molar-refractivity contribution >= 4 is 5.91 Å². The maximum Gasteiger partial charge on any atom is 0.254 e. The van der Waals surface area contributed by atoms with Gasteiger partial charge in [0, 0.05) is 37.8 Å². The van der Waals surface area contributed by atoms with Gasteiger partial charge in [0.15, 0.2) is 0 Å². The van der Waals surface area contributed by atoms with Gasteiger partial charge in [-0.3, -0.25) is 9.69 Å². The molecule has 3 rings (SSSR count). The number of hydrogen-bond donors (Lipinski definition) is 0. The summed E-state index contributed by atoms with van der Waals surface area (Å²) >= 11 is 0. The summed E-state index contributed by atoms with van der Waals surface area (Å²) < 4.78 is 0. The zero-order valence-corrected chi connectivity index (χ0v) is 9.30. The van der Waals surface area contributed by atoms with Crippen molar-refractivity contribution in [3.8, 4) is 0 Å². The summed E-state index contributed by atoms with van der Waals surface area (Å²) in [6.45, 7) is 4.15. The van der Waals surface area contributed by atoms with Crippen LogP contribution < -0.4 is 0 Å². The van der Waals surface area contributed by atoms with Crippen molar-refractivity contribution in [3.05, 3.63) is 35.9 Å². The van der Waals surface area contributed by atoms with E-state index < -0.39 is 0 Å². The van der Waals surface area contributed by atoms with Crippen LogP contribution in [-0.4, -0.2) is 47.9 Å². The average molecular weight is 216 g/mol. The topological polar surface area (TPSA) is 23.6 Å². The molecule has 3 nitrogen and oxygen atoms in total. The summed E-state index contributed by atoms with van der Waals surface area (Å²) in [6, 6.07) is 10.1. The Kier molecular flexibility index (Phi) is 2.40. The molecule has 2 atom stereocenters. The molecule has 0 aliphatic carbocycles. The average Bonchev–Trinajstić information content (AvgIpc) is 2.72. The Balaban J connectivity index is 1.80. The lowest BCUT2D eigenvalue weighted by Gasteiger charge is -2.34. The monoisotopic (exact) mass is 216 g/mol. The Morgan fingerprint density at radius 3 is 2.75 bits per heavy atom. The third kappa shape index (κ3) is 1.61. The number of hydrogen-bond acceptors (Lipinski definition) is 2. The number of benzene rings is 1. The number of rotatable bonds is 1. The molecule has 2 heterocycles. The molecule has 0 saturated carbocycles. The van der Waals surface area contributed by atoms with Crippen LogP contribution in [0.1, 0.15) is 16.8 Å². The van der Waals surface area contributed by atoms with Crippen LogP contribution in [0, 0.1) is 0 Å². The van der Waals surface area contributed by atoms with E-state index in [9.17, 15) is 4.79 Å². The second-order valence-corrected chi connectivity index (χ2v) is 4.61. The molecule has 1 aromatic rings. The Bertz CT molecular complexity index is 390. The first-order valence-corrected chi connectivity index (χ1v) is 5.93. The highest BCUT2D eigenvalue weighted by atomic mass is 16.2. The van der Waals surface area contributed by atoms with Crippen LogP contribution in [0.5, 0.6) is 0 Å². The van der Waals surface area contributed by atoms with Crippen molar-refractivity contribution in [2.45, 2.75) is 12.5 Å². The summed E-state index contributed by atoms with van der Waals surface area (Å²) in [6.07, 6.45) is 1.14. The smallest absolute Gasteiger partial charge is 0.254 e. The van der Waals surface area contributed by atoms with E-state index in [-0.39, 0.29) is 5.91 Å². The molecular formula is C13H16N2O.